The largest absolute Gasteiger partial charge is 0.493 e. The lowest BCUT2D eigenvalue weighted by molar-refractivity contribution is 0.107. The summed E-state index contributed by atoms with van der Waals surface area (Å²) in [7, 11) is -2.73. The Morgan fingerprint density at radius 1 is 1.07 bits per heavy atom. The van der Waals surface area contributed by atoms with Crippen LogP contribution in [-0.2, 0) is 9.84 Å². The minimum atomic E-state index is -4.14. The summed E-state index contributed by atoms with van der Waals surface area (Å²) in [4.78, 5) is 16.3. The fourth-order valence-electron chi connectivity index (χ4n) is 2.23. The van der Waals surface area contributed by atoms with Gasteiger partial charge in [-0.3, -0.25) is 9.79 Å². The zero-order valence-corrected chi connectivity index (χ0v) is 15.6. The summed E-state index contributed by atoms with van der Waals surface area (Å²) in [5.41, 5.74) is 10.5. The molecular formula is C18H21N3O5S. The molecule has 0 spiro atoms. The highest BCUT2D eigenvalue weighted by atomic mass is 32.2. The third-order valence-corrected chi connectivity index (χ3v) is 5.17. The maximum atomic E-state index is 12.5. The van der Waals surface area contributed by atoms with E-state index in [-0.39, 0.29) is 22.2 Å². The number of benzene rings is 2. The lowest BCUT2D eigenvalue weighted by Gasteiger charge is -2.12. The summed E-state index contributed by atoms with van der Waals surface area (Å²) >= 11 is 0. The molecule has 8 nitrogen and oxygen atoms in total. The maximum Gasteiger partial charge on any atom is 0.281 e. The molecule has 27 heavy (non-hydrogen) atoms. The first kappa shape index (κ1) is 20.2. The SMILES string of the molecule is COc1cc(C(=O)S(=O)(=O)c2ccccc2)ccc1OCCCN=C(N)N. The third-order valence-electron chi connectivity index (χ3n) is 3.55. The first-order valence-electron chi connectivity index (χ1n) is 8.07. The highest BCUT2D eigenvalue weighted by Gasteiger charge is 2.27. The first-order valence-corrected chi connectivity index (χ1v) is 9.55. The molecule has 9 heteroatoms. The van der Waals surface area contributed by atoms with Gasteiger partial charge in [0.05, 0.1) is 18.6 Å². The first-order chi connectivity index (χ1) is 12.9. The summed E-state index contributed by atoms with van der Waals surface area (Å²) in [6.45, 7) is 0.735. The molecule has 0 amide bonds. The van der Waals surface area contributed by atoms with E-state index >= 15 is 0 Å². The van der Waals surface area contributed by atoms with Crippen LogP contribution in [0.3, 0.4) is 0 Å². The molecular weight excluding hydrogens is 370 g/mol. The van der Waals surface area contributed by atoms with Crippen LogP contribution in [0.4, 0.5) is 0 Å². The lowest BCUT2D eigenvalue weighted by atomic mass is 10.2. The molecule has 0 fully saturated rings. The molecule has 0 aliphatic heterocycles. The van der Waals surface area contributed by atoms with E-state index in [1.54, 1.807) is 18.2 Å². The van der Waals surface area contributed by atoms with Gasteiger partial charge in [0.1, 0.15) is 0 Å². The average molecular weight is 391 g/mol. The molecule has 0 radical (unpaired) electrons. The Bertz CT molecular complexity index is 923. The van der Waals surface area contributed by atoms with E-state index in [9.17, 15) is 13.2 Å². The van der Waals surface area contributed by atoms with Gasteiger partial charge in [0, 0.05) is 18.5 Å². The van der Waals surface area contributed by atoms with E-state index in [2.05, 4.69) is 4.99 Å². The van der Waals surface area contributed by atoms with Gasteiger partial charge >= 0.3 is 0 Å². The van der Waals surface area contributed by atoms with Crippen molar-refractivity contribution in [2.75, 3.05) is 20.3 Å². The Kier molecular flexibility index (Phi) is 6.78. The minimum absolute atomic E-state index is 0.00933. The molecule has 0 atom stereocenters. The fourth-order valence-corrected chi connectivity index (χ4v) is 3.40. The number of sulfone groups is 1. The summed E-state index contributed by atoms with van der Waals surface area (Å²) in [5.74, 6) is 0.650. The van der Waals surface area contributed by atoms with Crippen LogP contribution >= 0.6 is 0 Å². The number of carbonyl (C=O) groups is 1. The van der Waals surface area contributed by atoms with Crippen molar-refractivity contribution in [2.45, 2.75) is 11.3 Å². The van der Waals surface area contributed by atoms with Gasteiger partial charge in [-0.05, 0) is 30.3 Å². The van der Waals surface area contributed by atoms with Gasteiger partial charge in [-0.1, -0.05) is 18.2 Å². The standard InChI is InChI=1S/C18H21N3O5S/c1-25-16-12-13(8-9-15(16)26-11-5-10-21-18(19)20)17(22)27(23,24)14-6-3-2-4-7-14/h2-4,6-9,12H,5,10-11H2,1H3,(H4,19,20,21). The minimum Gasteiger partial charge on any atom is -0.493 e. The normalized spacial score (nSPS) is 10.9. The Labute approximate surface area is 157 Å². The van der Waals surface area contributed by atoms with E-state index in [1.165, 1.54) is 37.4 Å². The van der Waals surface area contributed by atoms with Crippen molar-refractivity contribution in [3.05, 3.63) is 54.1 Å². The average Bonchev–Trinajstić information content (AvgIpc) is 2.67. The fraction of sp³-hybridized carbons (Fsp3) is 0.222. The molecule has 0 heterocycles. The van der Waals surface area contributed by atoms with Crippen LogP contribution in [0.15, 0.2) is 58.4 Å². The number of aliphatic imine (C=N–C) groups is 1. The van der Waals surface area contributed by atoms with Gasteiger partial charge in [0.15, 0.2) is 17.5 Å². The number of hydrogen-bond acceptors (Lipinski definition) is 6. The molecule has 0 bridgehead atoms. The van der Waals surface area contributed by atoms with E-state index in [0.717, 1.165) is 0 Å². The Morgan fingerprint density at radius 2 is 1.78 bits per heavy atom. The molecule has 0 aliphatic rings. The van der Waals surface area contributed by atoms with Crippen LogP contribution in [-0.4, -0.2) is 39.8 Å². The Morgan fingerprint density at radius 3 is 2.41 bits per heavy atom. The zero-order chi connectivity index (χ0) is 19.9. The van der Waals surface area contributed by atoms with Crippen LogP contribution in [0, 0.1) is 0 Å². The van der Waals surface area contributed by atoms with Crippen LogP contribution in [0.5, 0.6) is 11.5 Å². The second kappa shape index (κ2) is 9.04. The van der Waals surface area contributed by atoms with Crippen molar-refractivity contribution in [3.63, 3.8) is 0 Å². The molecule has 4 N–H and O–H groups in total. The summed E-state index contributed by atoms with van der Waals surface area (Å²) in [6, 6.07) is 11.8. The van der Waals surface area contributed by atoms with E-state index in [1.807, 2.05) is 0 Å². The number of nitrogens with two attached hydrogens (primary N) is 2. The van der Waals surface area contributed by atoms with Crippen LogP contribution in [0.1, 0.15) is 16.8 Å². The highest BCUT2D eigenvalue weighted by Crippen LogP contribution is 2.29. The maximum absolute atomic E-state index is 12.5. The monoisotopic (exact) mass is 391 g/mol. The number of rotatable bonds is 8. The predicted molar refractivity (Wildman–Crippen MR) is 102 cm³/mol. The van der Waals surface area contributed by atoms with Gasteiger partial charge in [-0.15, -0.1) is 0 Å². The summed E-state index contributed by atoms with van der Waals surface area (Å²) in [5, 5.41) is -1.01. The van der Waals surface area contributed by atoms with Crippen molar-refractivity contribution >= 4 is 20.9 Å². The van der Waals surface area contributed by atoms with Crippen LogP contribution in [0.2, 0.25) is 0 Å². The van der Waals surface area contributed by atoms with Gasteiger partial charge in [0.2, 0.25) is 9.84 Å². The van der Waals surface area contributed by atoms with Crippen molar-refractivity contribution < 1.29 is 22.7 Å². The number of methoxy groups -OCH3 is 1. The van der Waals surface area contributed by atoms with Crippen molar-refractivity contribution in [2.24, 2.45) is 16.5 Å². The second-order valence-electron chi connectivity index (χ2n) is 5.48. The Balaban J connectivity index is 2.15. The molecule has 0 aliphatic carbocycles. The zero-order valence-electron chi connectivity index (χ0n) is 14.8. The number of guanidine groups is 1. The quantitative estimate of drug-likeness (QED) is 0.394. The van der Waals surface area contributed by atoms with Crippen molar-refractivity contribution in [3.8, 4) is 11.5 Å². The molecule has 2 aromatic rings. The lowest BCUT2D eigenvalue weighted by Crippen LogP contribution is -2.23. The molecule has 0 unspecified atom stereocenters. The van der Waals surface area contributed by atoms with Gasteiger partial charge in [-0.2, -0.15) is 0 Å². The second-order valence-corrected chi connectivity index (χ2v) is 7.33. The predicted octanol–water partition coefficient (Wildman–Crippen LogP) is 1.35. The molecule has 0 saturated carbocycles. The summed E-state index contributed by atoms with van der Waals surface area (Å²) in [6.07, 6.45) is 0.574. The van der Waals surface area contributed by atoms with Crippen LogP contribution < -0.4 is 20.9 Å². The van der Waals surface area contributed by atoms with E-state index in [0.29, 0.717) is 25.3 Å². The van der Waals surface area contributed by atoms with Gasteiger partial charge in [0.25, 0.3) is 5.12 Å². The van der Waals surface area contributed by atoms with Gasteiger partial charge < -0.3 is 20.9 Å². The third kappa shape index (κ3) is 5.20. The van der Waals surface area contributed by atoms with E-state index < -0.39 is 15.0 Å². The molecule has 144 valence electrons. The summed E-state index contributed by atoms with van der Waals surface area (Å²) < 4.78 is 35.7. The topological polar surface area (TPSA) is 134 Å². The molecule has 0 aromatic heterocycles. The van der Waals surface area contributed by atoms with Crippen LogP contribution in [0.25, 0.3) is 0 Å². The van der Waals surface area contributed by atoms with Crippen molar-refractivity contribution in [1.29, 1.82) is 0 Å². The molecule has 2 aromatic carbocycles. The van der Waals surface area contributed by atoms with Crippen molar-refractivity contribution in [1.82, 2.24) is 0 Å². The number of nitrogens with zero attached hydrogens (tertiary/aromatic N) is 1. The smallest absolute Gasteiger partial charge is 0.281 e. The van der Waals surface area contributed by atoms with E-state index in [4.69, 9.17) is 20.9 Å². The highest BCUT2D eigenvalue weighted by molar-refractivity contribution is 8.06. The molecule has 2 rings (SSSR count). The number of carbonyl (C=O) groups excluding carboxylic acids is 1. The number of ether oxygens (including phenoxy) is 2. The number of hydrogen-bond donors (Lipinski definition) is 2. The Hall–Kier alpha value is -3.07. The van der Waals surface area contributed by atoms with Gasteiger partial charge in [-0.25, -0.2) is 8.42 Å². The molecule has 0 saturated heterocycles.